The molecule has 0 spiro atoms. The van der Waals surface area contributed by atoms with Crippen molar-refractivity contribution in [2.24, 2.45) is 0 Å². The van der Waals surface area contributed by atoms with Crippen molar-refractivity contribution in [1.82, 2.24) is 0 Å². The van der Waals surface area contributed by atoms with Gasteiger partial charge in [0.1, 0.15) is 5.25 Å². The number of rotatable bonds is 5. The molecule has 0 aliphatic carbocycles. The van der Waals surface area contributed by atoms with Gasteiger partial charge in [0.25, 0.3) is 0 Å². The average molecular weight is 288 g/mol. The van der Waals surface area contributed by atoms with Crippen LogP contribution >= 0.6 is 11.8 Å². The molecule has 2 N–H and O–H groups in total. The van der Waals surface area contributed by atoms with Crippen molar-refractivity contribution in [3.8, 4) is 0 Å². The van der Waals surface area contributed by atoms with Crippen molar-refractivity contribution >= 4 is 23.7 Å². The zero-order chi connectivity index (χ0) is 14.5. The smallest absolute Gasteiger partial charge is 0.335 e. The third kappa shape index (κ3) is 3.39. The summed E-state index contributed by atoms with van der Waals surface area (Å²) in [6.07, 6.45) is 0. The highest BCUT2D eigenvalue weighted by molar-refractivity contribution is 8.00. The predicted octanol–water partition coefficient (Wildman–Crippen LogP) is 3.30. The predicted molar refractivity (Wildman–Crippen MR) is 76.1 cm³/mol. The standard InChI is InChI=1S/C15H12O4S/c16-14(17)11-6-8-12(9-7-11)20-13(15(18)19)10-4-2-1-3-5-10/h1-9,13H,(H,16,17)(H,18,19)/t13-/m0/s1. The van der Waals surface area contributed by atoms with E-state index < -0.39 is 17.2 Å². The summed E-state index contributed by atoms with van der Waals surface area (Å²) in [7, 11) is 0. The topological polar surface area (TPSA) is 74.6 Å². The first-order valence-electron chi connectivity index (χ1n) is 5.85. The summed E-state index contributed by atoms with van der Waals surface area (Å²) in [6.45, 7) is 0. The van der Waals surface area contributed by atoms with Gasteiger partial charge < -0.3 is 10.2 Å². The van der Waals surface area contributed by atoms with Gasteiger partial charge in [0, 0.05) is 4.90 Å². The van der Waals surface area contributed by atoms with E-state index in [0.717, 1.165) is 0 Å². The van der Waals surface area contributed by atoms with Gasteiger partial charge in [-0.2, -0.15) is 0 Å². The van der Waals surface area contributed by atoms with E-state index in [0.29, 0.717) is 10.5 Å². The Morgan fingerprint density at radius 3 is 2.00 bits per heavy atom. The summed E-state index contributed by atoms with van der Waals surface area (Å²) in [4.78, 5) is 22.8. The number of hydrogen-bond donors (Lipinski definition) is 2. The summed E-state index contributed by atoms with van der Waals surface area (Å²) in [5.41, 5.74) is 0.883. The lowest BCUT2D eigenvalue weighted by atomic mass is 10.1. The second-order valence-electron chi connectivity index (χ2n) is 4.08. The molecule has 1 atom stereocenters. The molecule has 0 aliphatic rings. The highest BCUT2D eigenvalue weighted by Gasteiger charge is 2.21. The number of carbonyl (C=O) groups is 2. The van der Waals surface area contributed by atoms with Crippen LogP contribution in [0.4, 0.5) is 0 Å². The summed E-state index contributed by atoms with van der Waals surface area (Å²) in [5.74, 6) is -1.93. The largest absolute Gasteiger partial charge is 0.480 e. The molecule has 0 saturated heterocycles. The molecule has 0 amide bonds. The third-order valence-corrected chi connectivity index (χ3v) is 3.94. The fraction of sp³-hybridized carbons (Fsp3) is 0.0667. The first-order chi connectivity index (χ1) is 9.58. The number of hydrogen-bond acceptors (Lipinski definition) is 3. The molecular weight excluding hydrogens is 276 g/mol. The van der Waals surface area contributed by atoms with Crippen LogP contribution in [-0.4, -0.2) is 22.2 Å². The Kier molecular flexibility index (Phi) is 4.42. The molecule has 20 heavy (non-hydrogen) atoms. The fourth-order valence-electron chi connectivity index (χ4n) is 1.70. The Hall–Kier alpha value is -2.27. The Morgan fingerprint density at radius 1 is 0.900 bits per heavy atom. The Morgan fingerprint density at radius 2 is 1.50 bits per heavy atom. The van der Waals surface area contributed by atoms with Gasteiger partial charge in [-0.15, -0.1) is 11.8 Å². The zero-order valence-corrected chi connectivity index (χ0v) is 11.2. The van der Waals surface area contributed by atoms with Crippen LogP contribution in [0.2, 0.25) is 0 Å². The van der Waals surface area contributed by atoms with Crippen LogP contribution in [0, 0.1) is 0 Å². The molecule has 5 heteroatoms. The summed E-state index contributed by atoms with van der Waals surface area (Å²) in [5, 5.41) is 17.4. The van der Waals surface area contributed by atoms with Crippen molar-refractivity contribution in [2.45, 2.75) is 10.1 Å². The minimum atomic E-state index is -1.00. The van der Waals surface area contributed by atoms with E-state index in [4.69, 9.17) is 5.11 Å². The van der Waals surface area contributed by atoms with Gasteiger partial charge in [-0.1, -0.05) is 30.3 Å². The lowest BCUT2D eigenvalue weighted by molar-refractivity contribution is -0.136. The van der Waals surface area contributed by atoms with E-state index in [-0.39, 0.29) is 5.56 Å². The zero-order valence-electron chi connectivity index (χ0n) is 10.4. The van der Waals surface area contributed by atoms with Gasteiger partial charge >= 0.3 is 11.9 Å². The Labute approximate surface area is 120 Å². The molecule has 0 radical (unpaired) electrons. The number of carboxylic acid groups (broad SMARTS) is 2. The van der Waals surface area contributed by atoms with Gasteiger partial charge in [-0.3, -0.25) is 4.79 Å². The van der Waals surface area contributed by atoms with Gasteiger partial charge in [-0.05, 0) is 29.8 Å². The first kappa shape index (κ1) is 14.1. The molecule has 0 heterocycles. The third-order valence-electron chi connectivity index (χ3n) is 2.68. The van der Waals surface area contributed by atoms with Crippen LogP contribution in [0.3, 0.4) is 0 Å². The van der Waals surface area contributed by atoms with Crippen LogP contribution < -0.4 is 0 Å². The molecular formula is C15H12O4S. The van der Waals surface area contributed by atoms with Crippen LogP contribution in [-0.2, 0) is 4.79 Å². The molecule has 2 aromatic rings. The van der Waals surface area contributed by atoms with Gasteiger partial charge in [0.15, 0.2) is 0 Å². The van der Waals surface area contributed by atoms with E-state index in [9.17, 15) is 14.7 Å². The average Bonchev–Trinajstić information content (AvgIpc) is 2.46. The van der Waals surface area contributed by atoms with E-state index in [1.807, 2.05) is 6.07 Å². The highest BCUT2D eigenvalue weighted by Crippen LogP contribution is 2.35. The first-order valence-corrected chi connectivity index (χ1v) is 6.73. The number of carboxylic acids is 2. The summed E-state index contributed by atoms with van der Waals surface area (Å²) >= 11 is 1.18. The second-order valence-corrected chi connectivity index (χ2v) is 5.25. The van der Waals surface area contributed by atoms with E-state index >= 15 is 0 Å². The molecule has 0 saturated carbocycles. The Bertz CT molecular complexity index is 608. The molecule has 0 bridgehead atoms. The molecule has 2 rings (SSSR count). The van der Waals surface area contributed by atoms with Crippen molar-refractivity contribution in [3.63, 3.8) is 0 Å². The lowest BCUT2D eigenvalue weighted by Crippen LogP contribution is -2.07. The number of aliphatic carboxylic acids is 1. The maximum absolute atomic E-state index is 11.4. The SMILES string of the molecule is O=C(O)c1ccc(S[C@H](C(=O)O)c2ccccc2)cc1. The molecule has 0 unspecified atom stereocenters. The number of benzene rings is 2. The normalized spacial score (nSPS) is 11.8. The van der Waals surface area contributed by atoms with Crippen LogP contribution in [0.1, 0.15) is 21.2 Å². The number of thioether (sulfide) groups is 1. The van der Waals surface area contributed by atoms with Gasteiger partial charge in [0.05, 0.1) is 5.56 Å². The molecule has 2 aromatic carbocycles. The van der Waals surface area contributed by atoms with Crippen molar-refractivity contribution in [2.75, 3.05) is 0 Å². The van der Waals surface area contributed by atoms with Crippen LogP contribution in [0.15, 0.2) is 59.5 Å². The fourth-order valence-corrected chi connectivity index (χ4v) is 2.66. The quantitative estimate of drug-likeness (QED) is 0.826. The molecule has 0 fully saturated rings. The van der Waals surface area contributed by atoms with Crippen LogP contribution in [0.25, 0.3) is 0 Å². The highest BCUT2D eigenvalue weighted by atomic mass is 32.2. The Balaban J connectivity index is 2.21. The minimum Gasteiger partial charge on any atom is -0.480 e. The summed E-state index contributed by atoms with van der Waals surface area (Å²) < 4.78 is 0. The minimum absolute atomic E-state index is 0.181. The van der Waals surface area contributed by atoms with E-state index in [1.165, 1.54) is 23.9 Å². The second kappa shape index (κ2) is 6.25. The van der Waals surface area contributed by atoms with Crippen molar-refractivity contribution in [3.05, 3.63) is 65.7 Å². The molecule has 4 nitrogen and oxygen atoms in total. The van der Waals surface area contributed by atoms with Crippen LogP contribution in [0.5, 0.6) is 0 Å². The summed E-state index contributed by atoms with van der Waals surface area (Å²) in [6, 6.07) is 15.1. The van der Waals surface area contributed by atoms with E-state index in [1.54, 1.807) is 36.4 Å². The molecule has 102 valence electrons. The van der Waals surface area contributed by atoms with Gasteiger partial charge in [-0.25, -0.2) is 4.79 Å². The number of aromatic carboxylic acids is 1. The van der Waals surface area contributed by atoms with Gasteiger partial charge in [0.2, 0.25) is 0 Å². The lowest BCUT2D eigenvalue weighted by Gasteiger charge is -2.12. The molecule has 0 aliphatic heterocycles. The van der Waals surface area contributed by atoms with Crippen molar-refractivity contribution in [1.29, 1.82) is 0 Å². The monoisotopic (exact) mass is 288 g/mol. The van der Waals surface area contributed by atoms with Crippen molar-refractivity contribution < 1.29 is 19.8 Å². The molecule has 0 aromatic heterocycles. The van der Waals surface area contributed by atoms with E-state index in [2.05, 4.69) is 0 Å². The maximum atomic E-state index is 11.4. The maximum Gasteiger partial charge on any atom is 0.335 e.